The van der Waals surface area contributed by atoms with Gasteiger partial charge in [-0.2, -0.15) is 0 Å². The van der Waals surface area contributed by atoms with Crippen LogP contribution in [0.2, 0.25) is 0 Å². The Morgan fingerprint density at radius 1 is 1.47 bits per heavy atom. The SMILES string of the molecule is COCCN(CC(=O)O)C(=O)C1CNCC1C. The zero-order chi connectivity index (χ0) is 12.8. The molecule has 17 heavy (non-hydrogen) atoms. The van der Waals surface area contributed by atoms with E-state index in [1.54, 1.807) is 0 Å². The van der Waals surface area contributed by atoms with Crippen LogP contribution in [-0.2, 0) is 14.3 Å². The first kappa shape index (κ1) is 13.9. The van der Waals surface area contributed by atoms with E-state index >= 15 is 0 Å². The maximum Gasteiger partial charge on any atom is 0.323 e. The highest BCUT2D eigenvalue weighted by molar-refractivity contribution is 5.83. The van der Waals surface area contributed by atoms with E-state index in [0.717, 1.165) is 6.54 Å². The molecule has 1 aliphatic heterocycles. The molecular weight excluding hydrogens is 224 g/mol. The van der Waals surface area contributed by atoms with Crippen LogP contribution in [0.3, 0.4) is 0 Å². The number of nitrogens with zero attached hydrogens (tertiary/aromatic N) is 1. The Hall–Kier alpha value is -1.14. The Balaban J connectivity index is 2.60. The number of methoxy groups -OCH3 is 1. The summed E-state index contributed by atoms with van der Waals surface area (Å²) in [5.41, 5.74) is 0. The second-order valence-corrected chi connectivity index (χ2v) is 4.39. The van der Waals surface area contributed by atoms with Crippen molar-refractivity contribution < 1.29 is 19.4 Å². The average Bonchev–Trinajstić information content (AvgIpc) is 2.69. The number of carbonyl (C=O) groups excluding carboxylic acids is 1. The first-order valence-electron chi connectivity index (χ1n) is 5.76. The van der Waals surface area contributed by atoms with Gasteiger partial charge in [0.1, 0.15) is 6.54 Å². The summed E-state index contributed by atoms with van der Waals surface area (Å²) >= 11 is 0. The van der Waals surface area contributed by atoms with Gasteiger partial charge in [0.25, 0.3) is 0 Å². The van der Waals surface area contributed by atoms with Crippen molar-refractivity contribution in [2.45, 2.75) is 6.92 Å². The summed E-state index contributed by atoms with van der Waals surface area (Å²) in [5, 5.41) is 11.9. The van der Waals surface area contributed by atoms with Crippen LogP contribution in [0.5, 0.6) is 0 Å². The van der Waals surface area contributed by atoms with Crippen LogP contribution in [0.25, 0.3) is 0 Å². The Morgan fingerprint density at radius 3 is 2.65 bits per heavy atom. The Bertz CT molecular complexity index is 283. The molecule has 1 heterocycles. The van der Waals surface area contributed by atoms with E-state index in [2.05, 4.69) is 5.32 Å². The summed E-state index contributed by atoms with van der Waals surface area (Å²) in [6.07, 6.45) is 0. The molecule has 0 bridgehead atoms. The third-order valence-corrected chi connectivity index (χ3v) is 3.04. The van der Waals surface area contributed by atoms with Gasteiger partial charge in [0, 0.05) is 20.2 Å². The summed E-state index contributed by atoms with van der Waals surface area (Å²) in [4.78, 5) is 24.2. The molecule has 0 radical (unpaired) electrons. The van der Waals surface area contributed by atoms with Crippen LogP contribution in [0.4, 0.5) is 0 Å². The molecule has 0 aromatic rings. The van der Waals surface area contributed by atoms with Crippen LogP contribution in [-0.4, -0.2) is 61.8 Å². The van der Waals surface area contributed by atoms with Gasteiger partial charge in [-0.25, -0.2) is 0 Å². The molecule has 1 aliphatic rings. The lowest BCUT2D eigenvalue weighted by molar-refractivity contribution is -0.147. The van der Waals surface area contributed by atoms with Gasteiger partial charge in [-0.15, -0.1) is 0 Å². The van der Waals surface area contributed by atoms with Crippen molar-refractivity contribution in [3.8, 4) is 0 Å². The van der Waals surface area contributed by atoms with Crippen molar-refractivity contribution >= 4 is 11.9 Å². The van der Waals surface area contributed by atoms with Gasteiger partial charge in [0.05, 0.1) is 12.5 Å². The van der Waals surface area contributed by atoms with Crippen molar-refractivity contribution in [1.82, 2.24) is 10.2 Å². The number of ether oxygens (including phenoxy) is 1. The van der Waals surface area contributed by atoms with Crippen LogP contribution >= 0.6 is 0 Å². The molecule has 0 aromatic heterocycles. The zero-order valence-electron chi connectivity index (χ0n) is 10.3. The average molecular weight is 244 g/mol. The number of hydrogen-bond donors (Lipinski definition) is 2. The molecule has 2 unspecified atom stereocenters. The van der Waals surface area contributed by atoms with E-state index in [1.165, 1.54) is 12.0 Å². The third kappa shape index (κ3) is 3.98. The number of carbonyl (C=O) groups is 2. The lowest BCUT2D eigenvalue weighted by atomic mass is 9.96. The summed E-state index contributed by atoms with van der Waals surface area (Å²) in [5.74, 6) is -0.956. The Morgan fingerprint density at radius 2 is 2.18 bits per heavy atom. The van der Waals surface area contributed by atoms with E-state index in [4.69, 9.17) is 9.84 Å². The highest BCUT2D eigenvalue weighted by Gasteiger charge is 2.33. The first-order valence-corrected chi connectivity index (χ1v) is 5.76. The fraction of sp³-hybridized carbons (Fsp3) is 0.818. The fourth-order valence-electron chi connectivity index (χ4n) is 2.01. The zero-order valence-corrected chi connectivity index (χ0v) is 10.3. The van der Waals surface area contributed by atoms with E-state index in [9.17, 15) is 9.59 Å². The van der Waals surface area contributed by atoms with Crippen molar-refractivity contribution in [3.63, 3.8) is 0 Å². The number of aliphatic carboxylic acids is 1. The molecule has 1 amide bonds. The molecule has 0 spiro atoms. The number of amides is 1. The van der Waals surface area contributed by atoms with Crippen molar-refractivity contribution in [3.05, 3.63) is 0 Å². The minimum Gasteiger partial charge on any atom is -0.480 e. The van der Waals surface area contributed by atoms with Gasteiger partial charge in [0.2, 0.25) is 5.91 Å². The second-order valence-electron chi connectivity index (χ2n) is 4.39. The number of rotatable bonds is 6. The van der Waals surface area contributed by atoms with Crippen LogP contribution in [0.15, 0.2) is 0 Å². The molecule has 0 saturated carbocycles. The first-order chi connectivity index (χ1) is 8.06. The predicted molar refractivity (Wildman–Crippen MR) is 61.6 cm³/mol. The largest absolute Gasteiger partial charge is 0.480 e. The van der Waals surface area contributed by atoms with Crippen molar-refractivity contribution in [1.29, 1.82) is 0 Å². The van der Waals surface area contributed by atoms with Gasteiger partial charge in [0.15, 0.2) is 0 Å². The quantitative estimate of drug-likeness (QED) is 0.652. The molecule has 6 heteroatoms. The Labute approximate surface area is 101 Å². The summed E-state index contributed by atoms with van der Waals surface area (Å²) in [6, 6.07) is 0. The molecule has 1 rings (SSSR count). The highest BCUT2D eigenvalue weighted by Crippen LogP contribution is 2.18. The molecule has 2 N–H and O–H groups in total. The predicted octanol–water partition coefficient (Wildman–Crippen LogP) is -0.598. The maximum atomic E-state index is 12.2. The molecular formula is C11H20N2O4. The minimum atomic E-state index is -0.993. The standard InChI is InChI=1S/C11H20N2O4/c1-8-5-12-6-9(8)11(16)13(3-4-17-2)7-10(14)15/h8-9,12H,3-7H2,1-2H3,(H,14,15). The normalized spacial score (nSPS) is 23.6. The monoisotopic (exact) mass is 244 g/mol. The molecule has 0 aromatic carbocycles. The van der Waals surface area contributed by atoms with Gasteiger partial charge < -0.3 is 20.1 Å². The van der Waals surface area contributed by atoms with Gasteiger partial charge in [-0.05, 0) is 12.5 Å². The molecule has 1 fully saturated rings. The molecule has 1 saturated heterocycles. The summed E-state index contributed by atoms with van der Waals surface area (Å²) in [6.45, 7) is 3.85. The fourth-order valence-corrected chi connectivity index (χ4v) is 2.01. The Kier molecular flexibility index (Phi) is 5.37. The van der Waals surface area contributed by atoms with Crippen LogP contribution in [0.1, 0.15) is 6.92 Å². The van der Waals surface area contributed by atoms with Crippen molar-refractivity contribution in [2.24, 2.45) is 11.8 Å². The maximum absolute atomic E-state index is 12.2. The molecule has 98 valence electrons. The molecule has 2 atom stereocenters. The van der Waals surface area contributed by atoms with Crippen molar-refractivity contribution in [2.75, 3.05) is 39.9 Å². The molecule has 0 aliphatic carbocycles. The van der Waals surface area contributed by atoms with Gasteiger partial charge in [-0.3, -0.25) is 9.59 Å². The van der Waals surface area contributed by atoms with E-state index < -0.39 is 5.97 Å². The highest BCUT2D eigenvalue weighted by atomic mass is 16.5. The van der Waals surface area contributed by atoms with Gasteiger partial charge in [-0.1, -0.05) is 6.92 Å². The molecule has 6 nitrogen and oxygen atoms in total. The number of carboxylic acid groups (broad SMARTS) is 1. The summed E-state index contributed by atoms with van der Waals surface area (Å²) < 4.78 is 4.89. The van der Waals surface area contributed by atoms with E-state index in [-0.39, 0.29) is 24.3 Å². The van der Waals surface area contributed by atoms with Gasteiger partial charge >= 0.3 is 5.97 Å². The number of carboxylic acids is 1. The lowest BCUT2D eigenvalue weighted by Crippen LogP contribution is -2.43. The lowest BCUT2D eigenvalue weighted by Gasteiger charge is -2.25. The number of nitrogens with one attached hydrogen (secondary N) is 1. The third-order valence-electron chi connectivity index (χ3n) is 3.04. The smallest absolute Gasteiger partial charge is 0.323 e. The topological polar surface area (TPSA) is 78.9 Å². The van der Waals surface area contributed by atoms with E-state index in [0.29, 0.717) is 19.7 Å². The second kappa shape index (κ2) is 6.56. The minimum absolute atomic E-state index is 0.0954. The van der Waals surface area contributed by atoms with Crippen LogP contribution < -0.4 is 5.32 Å². The van der Waals surface area contributed by atoms with E-state index in [1.807, 2.05) is 6.92 Å². The van der Waals surface area contributed by atoms with Crippen LogP contribution in [0, 0.1) is 11.8 Å². The summed E-state index contributed by atoms with van der Waals surface area (Å²) in [7, 11) is 1.53. The number of hydrogen-bond acceptors (Lipinski definition) is 4.